The predicted molar refractivity (Wildman–Crippen MR) is 128 cm³/mol. The first kappa shape index (κ1) is 20.0. The van der Waals surface area contributed by atoms with Gasteiger partial charge in [-0.15, -0.1) is 0 Å². The molecule has 0 unspecified atom stereocenters. The Labute approximate surface area is 186 Å². The number of hydrogen-bond acceptors (Lipinski definition) is 2. The second-order valence-corrected chi connectivity index (χ2v) is 7.87. The van der Waals surface area contributed by atoms with Crippen LogP contribution in [0.5, 0.6) is 0 Å². The Morgan fingerprint density at radius 3 is 2.53 bits per heavy atom. The van der Waals surface area contributed by atoms with Crippen molar-refractivity contribution in [2.45, 2.75) is 13.2 Å². The first-order valence-corrected chi connectivity index (χ1v) is 10.5. The Kier molecular flexibility index (Phi) is 5.21. The molecule has 5 rings (SSSR count). The first-order valence-electron chi connectivity index (χ1n) is 10.5. The highest BCUT2D eigenvalue weighted by Gasteiger charge is 2.18. The van der Waals surface area contributed by atoms with Gasteiger partial charge in [0.15, 0.2) is 0 Å². The average Bonchev–Trinajstić information content (AvgIpc) is 3.13. The van der Waals surface area contributed by atoms with Crippen molar-refractivity contribution in [3.8, 4) is 11.1 Å². The van der Waals surface area contributed by atoms with Crippen molar-refractivity contribution in [2.75, 3.05) is 7.11 Å². The van der Waals surface area contributed by atoms with Crippen LogP contribution in [0.4, 0.5) is 0 Å². The van der Waals surface area contributed by atoms with Crippen LogP contribution in [0, 0.1) is 6.07 Å². The molecule has 0 saturated carbocycles. The molecule has 5 aromatic rings. The minimum Gasteiger partial charge on any atom is -0.380 e. The van der Waals surface area contributed by atoms with Crippen molar-refractivity contribution in [1.29, 1.82) is 0 Å². The number of primary amides is 1. The Hall–Kier alpha value is -3.89. The molecule has 157 valence electrons. The Morgan fingerprint density at radius 1 is 0.969 bits per heavy atom. The second kappa shape index (κ2) is 8.33. The van der Waals surface area contributed by atoms with Gasteiger partial charge in [0.1, 0.15) is 0 Å². The van der Waals surface area contributed by atoms with Gasteiger partial charge in [0, 0.05) is 30.0 Å². The number of carbonyl (C=O) groups is 1. The van der Waals surface area contributed by atoms with E-state index in [-0.39, 0.29) is 0 Å². The van der Waals surface area contributed by atoms with Gasteiger partial charge in [0.05, 0.1) is 17.6 Å². The van der Waals surface area contributed by atoms with Gasteiger partial charge in [-0.25, -0.2) is 0 Å². The van der Waals surface area contributed by atoms with Gasteiger partial charge < -0.3 is 15.0 Å². The van der Waals surface area contributed by atoms with Gasteiger partial charge in [0.2, 0.25) is 5.91 Å². The molecule has 4 nitrogen and oxygen atoms in total. The van der Waals surface area contributed by atoms with E-state index in [1.807, 2.05) is 24.3 Å². The Morgan fingerprint density at radius 2 is 1.75 bits per heavy atom. The Balaban J connectivity index is 1.76. The zero-order valence-electron chi connectivity index (χ0n) is 17.8. The largest absolute Gasteiger partial charge is 0.380 e. The molecule has 1 aromatic heterocycles. The first-order chi connectivity index (χ1) is 15.7. The molecule has 1 amide bonds. The molecule has 32 heavy (non-hydrogen) atoms. The van der Waals surface area contributed by atoms with Crippen LogP contribution in [-0.4, -0.2) is 17.6 Å². The lowest BCUT2D eigenvalue weighted by Gasteiger charge is -2.13. The molecule has 0 spiro atoms. The molecule has 0 aliphatic heterocycles. The van der Waals surface area contributed by atoms with Gasteiger partial charge in [-0.3, -0.25) is 4.79 Å². The number of nitrogens with zero attached hydrogens (tertiary/aromatic N) is 1. The highest BCUT2D eigenvalue weighted by molar-refractivity contribution is 6.17. The smallest absolute Gasteiger partial charge is 0.249 e. The SMILES string of the molecule is COCc1c[c]c2c3c(C(N)=O)cccc3n(Cc3ccccc3-c3ccccc3)c2c1. The topological polar surface area (TPSA) is 57.2 Å². The summed E-state index contributed by atoms with van der Waals surface area (Å²) in [6.07, 6.45) is 0. The summed E-state index contributed by atoms with van der Waals surface area (Å²) in [6, 6.07) is 31.9. The summed E-state index contributed by atoms with van der Waals surface area (Å²) < 4.78 is 7.59. The quantitative estimate of drug-likeness (QED) is 0.392. The summed E-state index contributed by atoms with van der Waals surface area (Å²) in [5.41, 5.74) is 12.8. The maximum Gasteiger partial charge on any atom is 0.249 e. The van der Waals surface area contributed by atoms with E-state index >= 15 is 0 Å². The number of nitrogens with two attached hydrogens (primary N) is 1. The monoisotopic (exact) mass is 419 g/mol. The Bertz CT molecular complexity index is 1430. The molecule has 0 fully saturated rings. The van der Waals surface area contributed by atoms with Crippen LogP contribution in [0.25, 0.3) is 32.9 Å². The molecule has 1 radical (unpaired) electrons. The summed E-state index contributed by atoms with van der Waals surface area (Å²) in [6.45, 7) is 1.15. The fourth-order valence-electron chi connectivity index (χ4n) is 4.45. The normalized spacial score (nSPS) is 11.3. The molecule has 0 aliphatic carbocycles. The van der Waals surface area contributed by atoms with Gasteiger partial charge in [-0.2, -0.15) is 0 Å². The lowest BCUT2D eigenvalue weighted by molar-refractivity contribution is 0.100. The number of benzene rings is 4. The van der Waals surface area contributed by atoms with E-state index in [0.29, 0.717) is 18.7 Å². The molecule has 0 bridgehead atoms. The van der Waals surface area contributed by atoms with Gasteiger partial charge in [0.25, 0.3) is 0 Å². The minimum atomic E-state index is -0.436. The van der Waals surface area contributed by atoms with Crippen LogP contribution in [0.3, 0.4) is 0 Å². The zero-order valence-corrected chi connectivity index (χ0v) is 17.8. The molecule has 4 aromatic carbocycles. The fourth-order valence-corrected chi connectivity index (χ4v) is 4.45. The van der Waals surface area contributed by atoms with Gasteiger partial charge >= 0.3 is 0 Å². The van der Waals surface area contributed by atoms with E-state index in [1.54, 1.807) is 13.2 Å². The predicted octanol–water partition coefficient (Wildman–Crippen LogP) is 5.56. The fraction of sp³-hybridized carbons (Fsp3) is 0.107. The number of ether oxygens (including phenoxy) is 1. The summed E-state index contributed by atoms with van der Waals surface area (Å²) in [7, 11) is 1.68. The third kappa shape index (κ3) is 3.45. The lowest BCUT2D eigenvalue weighted by Crippen LogP contribution is -2.11. The van der Waals surface area contributed by atoms with Crippen molar-refractivity contribution in [2.24, 2.45) is 5.73 Å². The van der Waals surface area contributed by atoms with E-state index < -0.39 is 5.91 Å². The van der Waals surface area contributed by atoms with Gasteiger partial charge in [-0.05, 0) is 52.6 Å². The number of fused-ring (bicyclic) bond motifs is 3. The third-order valence-electron chi connectivity index (χ3n) is 5.86. The third-order valence-corrected chi connectivity index (χ3v) is 5.86. The van der Waals surface area contributed by atoms with Gasteiger partial charge in [-0.1, -0.05) is 60.7 Å². The molecular weight excluding hydrogens is 396 g/mol. The molecular formula is C28H23N2O2. The van der Waals surface area contributed by atoms with Crippen LogP contribution in [0.2, 0.25) is 0 Å². The van der Waals surface area contributed by atoms with Crippen LogP contribution in [-0.2, 0) is 17.9 Å². The highest BCUT2D eigenvalue weighted by Crippen LogP contribution is 2.34. The van der Waals surface area contributed by atoms with E-state index in [4.69, 9.17) is 10.5 Å². The summed E-state index contributed by atoms with van der Waals surface area (Å²) in [5.74, 6) is -0.436. The number of aromatic nitrogens is 1. The molecule has 1 heterocycles. The van der Waals surface area contributed by atoms with E-state index in [9.17, 15) is 4.79 Å². The van der Waals surface area contributed by atoms with Crippen LogP contribution >= 0.6 is 0 Å². The number of carbonyl (C=O) groups excluding carboxylic acids is 1. The van der Waals surface area contributed by atoms with Crippen molar-refractivity contribution < 1.29 is 9.53 Å². The maximum absolute atomic E-state index is 12.2. The van der Waals surface area contributed by atoms with Crippen molar-refractivity contribution in [3.05, 3.63) is 108 Å². The number of hydrogen-bond donors (Lipinski definition) is 1. The number of methoxy groups -OCH3 is 1. The van der Waals surface area contributed by atoms with Crippen molar-refractivity contribution in [1.82, 2.24) is 4.57 Å². The lowest BCUT2D eigenvalue weighted by atomic mass is 9.99. The second-order valence-electron chi connectivity index (χ2n) is 7.87. The van der Waals surface area contributed by atoms with E-state index in [2.05, 4.69) is 65.2 Å². The maximum atomic E-state index is 12.2. The summed E-state index contributed by atoms with van der Waals surface area (Å²) in [4.78, 5) is 12.2. The van der Waals surface area contributed by atoms with Crippen molar-refractivity contribution >= 4 is 27.7 Å². The average molecular weight is 420 g/mol. The summed E-state index contributed by atoms with van der Waals surface area (Å²) in [5, 5.41) is 1.74. The number of amides is 1. The molecule has 0 atom stereocenters. The van der Waals surface area contributed by atoms with E-state index in [1.165, 1.54) is 16.7 Å². The van der Waals surface area contributed by atoms with Crippen molar-refractivity contribution in [3.63, 3.8) is 0 Å². The highest BCUT2D eigenvalue weighted by atomic mass is 16.5. The molecule has 2 N–H and O–H groups in total. The van der Waals surface area contributed by atoms with E-state index in [0.717, 1.165) is 27.4 Å². The molecule has 0 saturated heterocycles. The number of rotatable bonds is 6. The summed E-state index contributed by atoms with van der Waals surface area (Å²) >= 11 is 0. The molecule has 0 aliphatic rings. The minimum absolute atomic E-state index is 0.436. The zero-order chi connectivity index (χ0) is 22.1. The molecule has 4 heteroatoms. The van der Waals surface area contributed by atoms with Crippen LogP contribution in [0.1, 0.15) is 21.5 Å². The van der Waals surface area contributed by atoms with Crippen LogP contribution < -0.4 is 5.73 Å². The van der Waals surface area contributed by atoms with Crippen LogP contribution in [0.15, 0.2) is 84.9 Å². The standard InChI is InChI=1S/C28H23N2O2/c1-32-18-19-14-15-23-26(16-19)30(25-13-7-12-24(27(23)25)28(29)31)17-21-10-5-6-11-22(21)20-8-3-2-4-9-20/h2-14,16H,17-18H2,1H3,(H2,29,31).